The molecule has 1 unspecified atom stereocenters. The molecular formula is C22H45IN4O2. The monoisotopic (exact) mass is 524 g/mol. The maximum atomic E-state index is 6.11. The van der Waals surface area contributed by atoms with Gasteiger partial charge in [0.25, 0.3) is 0 Å². The third-order valence-electron chi connectivity index (χ3n) is 5.78. The van der Waals surface area contributed by atoms with E-state index in [-0.39, 0.29) is 24.0 Å². The lowest BCUT2D eigenvalue weighted by Gasteiger charge is -2.34. The van der Waals surface area contributed by atoms with Crippen LogP contribution in [0.2, 0.25) is 0 Å². The fraction of sp³-hybridized carbons (Fsp3) is 0.955. The van der Waals surface area contributed by atoms with Crippen molar-refractivity contribution in [3.05, 3.63) is 0 Å². The minimum absolute atomic E-state index is 0. The molecule has 2 rings (SSSR count). The topological polar surface area (TPSA) is 49.3 Å². The van der Waals surface area contributed by atoms with E-state index in [1.54, 1.807) is 0 Å². The summed E-state index contributed by atoms with van der Waals surface area (Å²) in [6.45, 7) is 17.9. The SMILES string of the molecule is CCNC(=NCCCN(C(C)C)C(C)C)N1CCC(OCC2CCCO2)CC1.I. The van der Waals surface area contributed by atoms with Crippen molar-refractivity contribution in [1.29, 1.82) is 0 Å². The summed E-state index contributed by atoms with van der Waals surface area (Å²) >= 11 is 0. The summed E-state index contributed by atoms with van der Waals surface area (Å²) in [4.78, 5) is 9.85. The van der Waals surface area contributed by atoms with E-state index in [2.05, 4.69) is 49.7 Å². The Balaban J connectivity index is 0.00000420. The molecule has 6 nitrogen and oxygen atoms in total. The van der Waals surface area contributed by atoms with Gasteiger partial charge in [-0.25, -0.2) is 0 Å². The average Bonchev–Trinajstić information content (AvgIpc) is 3.19. The molecule has 0 spiro atoms. The van der Waals surface area contributed by atoms with E-state index in [1.807, 2.05) is 0 Å². The van der Waals surface area contributed by atoms with Gasteiger partial charge in [0, 0.05) is 51.4 Å². The highest BCUT2D eigenvalue weighted by molar-refractivity contribution is 14.0. The van der Waals surface area contributed by atoms with Crippen molar-refractivity contribution in [3.63, 3.8) is 0 Å². The highest BCUT2D eigenvalue weighted by Crippen LogP contribution is 2.18. The second kappa shape index (κ2) is 14.8. The summed E-state index contributed by atoms with van der Waals surface area (Å²) in [5, 5.41) is 3.48. The van der Waals surface area contributed by atoms with Crippen LogP contribution in [0.15, 0.2) is 4.99 Å². The van der Waals surface area contributed by atoms with Crippen LogP contribution in [0.4, 0.5) is 0 Å². The maximum absolute atomic E-state index is 6.11. The van der Waals surface area contributed by atoms with Gasteiger partial charge in [-0.2, -0.15) is 0 Å². The lowest BCUT2D eigenvalue weighted by molar-refractivity contribution is -0.0367. The third kappa shape index (κ3) is 9.70. The highest BCUT2D eigenvalue weighted by Gasteiger charge is 2.24. The average molecular weight is 525 g/mol. The molecule has 0 amide bonds. The van der Waals surface area contributed by atoms with Gasteiger partial charge in [0.1, 0.15) is 0 Å². The van der Waals surface area contributed by atoms with Crippen LogP contribution in [0.3, 0.4) is 0 Å². The molecule has 0 saturated carbocycles. The van der Waals surface area contributed by atoms with Crippen LogP contribution in [-0.4, -0.2) is 86.0 Å². The van der Waals surface area contributed by atoms with Gasteiger partial charge >= 0.3 is 0 Å². The number of halogens is 1. The number of aliphatic imine (C=N–C) groups is 1. The number of rotatable bonds is 10. The predicted molar refractivity (Wildman–Crippen MR) is 133 cm³/mol. The van der Waals surface area contributed by atoms with E-state index >= 15 is 0 Å². The molecule has 2 heterocycles. The zero-order valence-corrected chi connectivity index (χ0v) is 21.7. The predicted octanol–water partition coefficient (Wildman–Crippen LogP) is 3.74. The molecule has 0 aromatic rings. The molecule has 7 heteroatoms. The number of piperidine rings is 1. The zero-order valence-electron chi connectivity index (χ0n) is 19.4. The fourth-order valence-electron chi connectivity index (χ4n) is 4.23. The molecule has 0 aromatic heterocycles. The maximum Gasteiger partial charge on any atom is 0.193 e. The Kier molecular flexibility index (Phi) is 13.7. The van der Waals surface area contributed by atoms with Gasteiger partial charge in [-0.3, -0.25) is 9.89 Å². The molecule has 2 fully saturated rings. The van der Waals surface area contributed by atoms with Crippen LogP contribution in [-0.2, 0) is 9.47 Å². The normalized spacial score (nSPS) is 21.3. The quantitative estimate of drug-likeness (QED) is 0.204. The molecule has 0 aliphatic carbocycles. The van der Waals surface area contributed by atoms with Crippen LogP contribution in [0, 0.1) is 0 Å². The van der Waals surface area contributed by atoms with Gasteiger partial charge in [0.15, 0.2) is 5.96 Å². The van der Waals surface area contributed by atoms with Crippen molar-refractivity contribution in [3.8, 4) is 0 Å². The first-order valence-corrected chi connectivity index (χ1v) is 11.5. The summed E-state index contributed by atoms with van der Waals surface area (Å²) in [7, 11) is 0. The number of nitrogens with one attached hydrogen (secondary N) is 1. The molecule has 172 valence electrons. The second-order valence-electron chi connectivity index (χ2n) is 8.67. The van der Waals surface area contributed by atoms with Crippen LogP contribution < -0.4 is 5.32 Å². The Hall–Kier alpha value is -0.120. The fourth-order valence-corrected chi connectivity index (χ4v) is 4.23. The molecule has 1 atom stereocenters. The smallest absolute Gasteiger partial charge is 0.193 e. The van der Waals surface area contributed by atoms with Crippen molar-refractivity contribution in [1.82, 2.24) is 15.1 Å². The highest BCUT2D eigenvalue weighted by atomic mass is 127. The minimum atomic E-state index is 0. The van der Waals surface area contributed by atoms with Crippen molar-refractivity contribution in [2.24, 2.45) is 4.99 Å². The van der Waals surface area contributed by atoms with E-state index in [0.29, 0.717) is 24.3 Å². The molecule has 1 N–H and O–H groups in total. The molecule has 2 aliphatic rings. The Bertz CT molecular complexity index is 440. The van der Waals surface area contributed by atoms with Gasteiger partial charge in [0.05, 0.1) is 18.8 Å². The summed E-state index contributed by atoms with van der Waals surface area (Å²) in [6.07, 6.45) is 6.29. The molecule has 0 aromatic carbocycles. The van der Waals surface area contributed by atoms with Gasteiger partial charge in [0.2, 0.25) is 0 Å². The van der Waals surface area contributed by atoms with Crippen molar-refractivity contribution in [2.45, 2.75) is 91.0 Å². The molecule has 29 heavy (non-hydrogen) atoms. The van der Waals surface area contributed by atoms with Crippen LogP contribution in [0.1, 0.15) is 66.7 Å². The Labute approximate surface area is 196 Å². The van der Waals surface area contributed by atoms with E-state index in [9.17, 15) is 0 Å². The summed E-state index contributed by atoms with van der Waals surface area (Å²) in [5.74, 6) is 1.07. The standard InChI is InChI=1S/C22H44N4O2.HI/c1-6-23-22(24-12-8-13-26(18(2)3)19(4)5)25-14-10-20(11-15-25)28-17-21-9-7-16-27-21;/h18-21H,6-17H2,1-5H3,(H,23,24);1H. The second-order valence-corrected chi connectivity index (χ2v) is 8.67. The number of nitrogens with zero attached hydrogens (tertiary/aromatic N) is 3. The zero-order chi connectivity index (χ0) is 20.4. The van der Waals surface area contributed by atoms with Gasteiger partial charge in [-0.15, -0.1) is 24.0 Å². The molecular weight excluding hydrogens is 479 g/mol. The lowest BCUT2D eigenvalue weighted by atomic mass is 10.1. The van der Waals surface area contributed by atoms with Gasteiger partial charge in [-0.05, 0) is 66.7 Å². The first-order chi connectivity index (χ1) is 13.5. The largest absolute Gasteiger partial charge is 0.376 e. The van der Waals surface area contributed by atoms with Crippen molar-refractivity contribution in [2.75, 3.05) is 45.9 Å². The number of likely N-dealkylation sites (tertiary alicyclic amines) is 1. The summed E-state index contributed by atoms with van der Waals surface area (Å²) in [5.41, 5.74) is 0. The lowest BCUT2D eigenvalue weighted by Crippen LogP contribution is -2.47. The summed E-state index contributed by atoms with van der Waals surface area (Å²) < 4.78 is 11.8. The number of ether oxygens (including phenoxy) is 2. The van der Waals surface area contributed by atoms with Crippen LogP contribution >= 0.6 is 24.0 Å². The van der Waals surface area contributed by atoms with Crippen molar-refractivity contribution >= 4 is 29.9 Å². The van der Waals surface area contributed by atoms with E-state index in [1.165, 1.54) is 6.42 Å². The molecule has 0 bridgehead atoms. The third-order valence-corrected chi connectivity index (χ3v) is 5.78. The first-order valence-electron chi connectivity index (χ1n) is 11.5. The Morgan fingerprint density at radius 2 is 1.86 bits per heavy atom. The Morgan fingerprint density at radius 3 is 2.41 bits per heavy atom. The van der Waals surface area contributed by atoms with E-state index < -0.39 is 0 Å². The van der Waals surface area contributed by atoms with Crippen molar-refractivity contribution < 1.29 is 9.47 Å². The molecule has 2 aliphatic heterocycles. The Morgan fingerprint density at radius 1 is 1.17 bits per heavy atom. The number of guanidine groups is 1. The number of hydrogen-bond acceptors (Lipinski definition) is 4. The minimum Gasteiger partial charge on any atom is -0.376 e. The van der Waals surface area contributed by atoms with Gasteiger partial charge < -0.3 is 19.7 Å². The van der Waals surface area contributed by atoms with Crippen LogP contribution in [0.25, 0.3) is 0 Å². The number of hydrogen-bond donors (Lipinski definition) is 1. The summed E-state index contributed by atoms with van der Waals surface area (Å²) in [6, 6.07) is 1.18. The molecule has 0 radical (unpaired) electrons. The van der Waals surface area contributed by atoms with E-state index in [4.69, 9.17) is 14.5 Å². The molecule has 2 saturated heterocycles. The van der Waals surface area contributed by atoms with Crippen LogP contribution in [0.5, 0.6) is 0 Å². The first kappa shape index (κ1) is 26.9. The van der Waals surface area contributed by atoms with E-state index in [0.717, 1.165) is 77.6 Å². The van der Waals surface area contributed by atoms with Gasteiger partial charge in [-0.1, -0.05) is 0 Å².